The maximum Gasteiger partial charge on any atom is 0.161 e. The van der Waals surface area contributed by atoms with E-state index in [0.29, 0.717) is 15.9 Å². The largest absolute Gasteiger partial charge is 0.370 e. The van der Waals surface area contributed by atoms with Gasteiger partial charge in [0.05, 0.1) is 0 Å². The van der Waals surface area contributed by atoms with E-state index in [0.717, 1.165) is 17.9 Å². The highest BCUT2D eigenvalue weighted by atomic mass is 35.5. The Morgan fingerprint density at radius 3 is 2.53 bits per heavy atom. The number of nitrogens with zero attached hydrogens (tertiary/aromatic N) is 2. The third-order valence-electron chi connectivity index (χ3n) is 2.13. The summed E-state index contributed by atoms with van der Waals surface area (Å²) in [5, 5.41) is 4.28. The van der Waals surface area contributed by atoms with Gasteiger partial charge < -0.3 is 5.32 Å². The molecule has 0 amide bonds. The molecule has 3 nitrogen and oxygen atoms in total. The number of anilines is 1. The van der Waals surface area contributed by atoms with Crippen LogP contribution in [0.15, 0.2) is 30.5 Å². The van der Waals surface area contributed by atoms with E-state index in [1.807, 2.05) is 13.0 Å². The zero-order valence-electron chi connectivity index (χ0n) is 9.24. The Hall–Kier alpha value is -1.32. The van der Waals surface area contributed by atoms with Crippen molar-refractivity contribution in [2.45, 2.75) is 6.92 Å². The van der Waals surface area contributed by atoms with E-state index in [1.165, 1.54) is 0 Å². The molecule has 0 aliphatic heterocycles. The molecule has 0 aliphatic carbocycles. The first-order chi connectivity index (χ1) is 8.19. The maximum absolute atomic E-state index is 5.95. The molecule has 2 aromatic rings. The van der Waals surface area contributed by atoms with E-state index in [4.69, 9.17) is 23.2 Å². The van der Waals surface area contributed by atoms with Gasteiger partial charge in [0.25, 0.3) is 0 Å². The monoisotopic (exact) mass is 267 g/mol. The van der Waals surface area contributed by atoms with E-state index < -0.39 is 0 Å². The Bertz CT molecular complexity index is 509. The Morgan fingerprint density at radius 1 is 1.18 bits per heavy atom. The van der Waals surface area contributed by atoms with Crippen LogP contribution in [0.1, 0.15) is 6.92 Å². The second-order valence-electron chi connectivity index (χ2n) is 3.45. The van der Waals surface area contributed by atoms with Crippen LogP contribution in [0, 0.1) is 0 Å². The molecule has 0 bridgehead atoms. The van der Waals surface area contributed by atoms with Crippen LogP contribution in [0.5, 0.6) is 0 Å². The minimum absolute atomic E-state index is 0.574. The van der Waals surface area contributed by atoms with Crippen molar-refractivity contribution in [3.8, 4) is 11.4 Å². The minimum Gasteiger partial charge on any atom is -0.370 e. The summed E-state index contributed by atoms with van der Waals surface area (Å²) in [5.74, 6) is 1.39. The van der Waals surface area contributed by atoms with Gasteiger partial charge in [-0.2, -0.15) is 0 Å². The standard InChI is InChI=1S/C12H11Cl2N3/c1-2-15-11-3-4-16-12(17-11)8-5-9(13)7-10(14)6-8/h3-7H,2H2,1H3,(H,15,16,17). The SMILES string of the molecule is CCNc1ccnc(-c2cc(Cl)cc(Cl)c2)n1. The van der Waals surface area contributed by atoms with Gasteiger partial charge in [-0.25, -0.2) is 9.97 Å². The number of nitrogens with one attached hydrogen (secondary N) is 1. The summed E-state index contributed by atoms with van der Waals surface area (Å²) < 4.78 is 0. The summed E-state index contributed by atoms with van der Waals surface area (Å²) >= 11 is 11.9. The average molecular weight is 268 g/mol. The summed E-state index contributed by atoms with van der Waals surface area (Å²) in [5.41, 5.74) is 0.808. The lowest BCUT2D eigenvalue weighted by Gasteiger charge is -2.05. The number of hydrogen-bond acceptors (Lipinski definition) is 3. The van der Waals surface area contributed by atoms with Gasteiger partial charge in [-0.05, 0) is 31.2 Å². The molecule has 0 aliphatic rings. The molecule has 5 heteroatoms. The van der Waals surface area contributed by atoms with E-state index >= 15 is 0 Å². The number of rotatable bonds is 3. The summed E-state index contributed by atoms with van der Waals surface area (Å²) in [6.07, 6.45) is 1.70. The topological polar surface area (TPSA) is 37.8 Å². The third kappa shape index (κ3) is 3.08. The Balaban J connectivity index is 2.41. The Labute approximate surface area is 110 Å². The van der Waals surface area contributed by atoms with E-state index in [-0.39, 0.29) is 0 Å². The molecule has 0 spiro atoms. The Kier molecular flexibility index (Phi) is 3.82. The smallest absolute Gasteiger partial charge is 0.161 e. The van der Waals surface area contributed by atoms with Crippen molar-refractivity contribution in [1.29, 1.82) is 0 Å². The Morgan fingerprint density at radius 2 is 1.88 bits per heavy atom. The van der Waals surface area contributed by atoms with Gasteiger partial charge in [-0.3, -0.25) is 0 Å². The molecule has 0 fully saturated rings. The van der Waals surface area contributed by atoms with Crippen LogP contribution in [0.2, 0.25) is 10.0 Å². The molecule has 2 rings (SSSR count). The second kappa shape index (κ2) is 5.34. The fourth-order valence-corrected chi connectivity index (χ4v) is 1.99. The van der Waals surface area contributed by atoms with Gasteiger partial charge in [0.15, 0.2) is 5.82 Å². The summed E-state index contributed by atoms with van der Waals surface area (Å²) in [6.45, 7) is 2.82. The van der Waals surface area contributed by atoms with E-state index in [1.54, 1.807) is 24.4 Å². The lowest BCUT2D eigenvalue weighted by molar-refractivity contribution is 1.12. The normalized spacial score (nSPS) is 10.3. The predicted octanol–water partition coefficient (Wildman–Crippen LogP) is 3.88. The molecule has 1 aromatic carbocycles. The highest BCUT2D eigenvalue weighted by molar-refractivity contribution is 6.35. The first-order valence-electron chi connectivity index (χ1n) is 5.22. The summed E-state index contributed by atoms with van der Waals surface area (Å²) in [4.78, 5) is 8.58. The zero-order chi connectivity index (χ0) is 12.3. The van der Waals surface area contributed by atoms with Gasteiger partial charge >= 0.3 is 0 Å². The van der Waals surface area contributed by atoms with Crippen LogP contribution in [0.4, 0.5) is 5.82 Å². The van der Waals surface area contributed by atoms with Crippen molar-refractivity contribution in [1.82, 2.24) is 9.97 Å². The van der Waals surface area contributed by atoms with Crippen LogP contribution in [-0.4, -0.2) is 16.5 Å². The van der Waals surface area contributed by atoms with Gasteiger partial charge in [0.1, 0.15) is 5.82 Å². The maximum atomic E-state index is 5.95. The van der Waals surface area contributed by atoms with Crippen LogP contribution < -0.4 is 5.32 Å². The fraction of sp³-hybridized carbons (Fsp3) is 0.167. The summed E-state index contributed by atoms with van der Waals surface area (Å²) in [7, 11) is 0. The molecule has 0 unspecified atom stereocenters. The van der Waals surface area contributed by atoms with E-state index in [2.05, 4.69) is 15.3 Å². The lowest BCUT2D eigenvalue weighted by atomic mass is 10.2. The molecule has 0 saturated heterocycles. The highest BCUT2D eigenvalue weighted by Crippen LogP contribution is 2.25. The van der Waals surface area contributed by atoms with Crippen molar-refractivity contribution in [3.05, 3.63) is 40.5 Å². The molecule has 17 heavy (non-hydrogen) atoms. The number of halogens is 2. The van der Waals surface area contributed by atoms with E-state index in [9.17, 15) is 0 Å². The van der Waals surface area contributed by atoms with Gasteiger partial charge in [0.2, 0.25) is 0 Å². The first-order valence-corrected chi connectivity index (χ1v) is 5.98. The molecule has 1 N–H and O–H groups in total. The van der Waals surface area contributed by atoms with Crippen molar-refractivity contribution >= 4 is 29.0 Å². The third-order valence-corrected chi connectivity index (χ3v) is 2.57. The quantitative estimate of drug-likeness (QED) is 0.917. The molecule has 0 radical (unpaired) electrons. The average Bonchev–Trinajstić information content (AvgIpc) is 2.28. The van der Waals surface area contributed by atoms with Crippen LogP contribution in [0.3, 0.4) is 0 Å². The molecular formula is C12H11Cl2N3. The van der Waals surface area contributed by atoms with Gasteiger partial charge in [0, 0.05) is 28.4 Å². The molecule has 0 atom stereocenters. The molecular weight excluding hydrogens is 257 g/mol. The summed E-state index contributed by atoms with van der Waals surface area (Å²) in [6, 6.07) is 7.08. The number of aromatic nitrogens is 2. The molecule has 1 aromatic heterocycles. The first kappa shape index (κ1) is 12.1. The van der Waals surface area contributed by atoms with Crippen molar-refractivity contribution in [3.63, 3.8) is 0 Å². The van der Waals surface area contributed by atoms with Crippen LogP contribution >= 0.6 is 23.2 Å². The van der Waals surface area contributed by atoms with Crippen molar-refractivity contribution in [2.24, 2.45) is 0 Å². The predicted molar refractivity (Wildman–Crippen MR) is 71.7 cm³/mol. The van der Waals surface area contributed by atoms with Crippen molar-refractivity contribution in [2.75, 3.05) is 11.9 Å². The minimum atomic E-state index is 0.574. The van der Waals surface area contributed by atoms with Gasteiger partial charge in [-0.1, -0.05) is 23.2 Å². The second-order valence-corrected chi connectivity index (χ2v) is 4.33. The van der Waals surface area contributed by atoms with Crippen LogP contribution in [-0.2, 0) is 0 Å². The fourth-order valence-electron chi connectivity index (χ4n) is 1.46. The van der Waals surface area contributed by atoms with Crippen molar-refractivity contribution < 1.29 is 0 Å². The number of benzene rings is 1. The molecule has 88 valence electrons. The van der Waals surface area contributed by atoms with Crippen LogP contribution in [0.25, 0.3) is 11.4 Å². The molecule has 1 heterocycles. The lowest BCUT2D eigenvalue weighted by Crippen LogP contribution is -2.00. The van der Waals surface area contributed by atoms with Gasteiger partial charge in [-0.15, -0.1) is 0 Å². The highest BCUT2D eigenvalue weighted by Gasteiger charge is 2.05. The number of hydrogen-bond donors (Lipinski definition) is 1. The zero-order valence-corrected chi connectivity index (χ0v) is 10.8. The molecule has 0 saturated carbocycles.